The van der Waals surface area contributed by atoms with E-state index in [-0.39, 0.29) is 29.2 Å². The van der Waals surface area contributed by atoms with Crippen LogP contribution in [0.15, 0.2) is 24.9 Å². The first-order chi connectivity index (χ1) is 19.1. The highest BCUT2D eigenvalue weighted by Crippen LogP contribution is 2.76. The highest BCUT2D eigenvalue weighted by Gasteiger charge is 2.72. The number of alkyl halides is 3. The summed E-state index contributed by atoms with van der Waals surface area (Å²) in [7, 11) is 0. The zero-order valence-corrected chi connectivity index (χ0v) is 22.3. The lowest BCUT2D eigenvalue weighted by atomic mass is 9.35. The van der Waals surface area contributed by atoms with Gasteiger partial charge in [0.05, 0.1) is 22.8 Å². The zero-order chi connectivity index (χ0) is 28.0. The fourth-order valence-electron chi connectivity index (χ4n) is 8.52. The number of nitrogens with zero attached hydrogens (tertiary/aromatic N) is 5. The Hall–Kier alpha value is -3.37. The summed E-state index contributed by atoms with van der Waals surface area (Å²) >= 11 is 0. The SMILES string of the molecule is C=CC(=O)N1CCc2nn(C34CC(C5CCCC5)(C3)C4)c3c2C(C1)N(C(=O)c1cnc(C(F)(F)F)cc1N)CC3. The second-order valence-corrected chi connectivity index (χ2v) is 12.5. The molecule has 2 aromatic heterocycles. The highest BCUT2D eigenvalue weighted by atomic mass is 19.4. The highest BCUT2D eigenvalue weighted by molar-refractivity contribution is 5.99. The topological polar surface area (TPSA) is 97.4 Å². The number of carbonyl (C=O) groups is 2. The lowest BCUT2D eigenvalue weighted by Gasteiger charge is -2.73. The molecule has 40 heavy (non-hydrogen) atoms. The van der Waals surface area contributed by atoms with Crippen LogP contribution in [0.5, 0.6) is 0 Å². The van der Waals surface area contributed by atoms with Crippen LogP contribution in [0.4, 0.5) is 18.9 Å². The quantitative estimate of drug-likeness (QED) is 0.570. The molecule has 2 amide bonds. The van der Waals surface area contributed by atoms with Crippen LogP contribution in [0, 0.1) is 11.3 Å². The molecule has 6 aliphatic rings. The number of nitrogens with two attached hydrogens (primary N) is 1. The number of rotatable bonds is 4. The number of halogens is 3. The molecule has 0 saturated heterocycles. The van der Waals surface area contributed by atoms with Gasteiger partial charge in [-0.2, -0.15) is 18.3 Å². The van der Waals surface area contributed by atoms with E-state index in [2.05, 4.69) is 16.2 Å². The number of hydrogen-bond donors (Lipinski definition) is 1. The number of pyridine rings is 1. The second-order valence-electron chi connectivity index (χ2n) is 12.5. The van der Waals surface area contributed by atoms with Gasteiger partial charge in [-0.25, -0.2) is 0 Å². The number of carbonyl (C=O) groups excluding carboxylic acids is 2. The largest absolute Gasteiger partial charge is 0.433 e. The van der Waals surface area contributed by atoms with E-state index in [4.69, 9.17) is 10.8 Å². The molecule has 11 heteroatoms. The summed E-state index contributed by atoms with van der Waals surface area (Å²) in [6.45, 7) is 4.69. The van der Waals surface area contributed by atoms with E-state index in [0.29, 0.717) is 37.4 Å². The Kier molecular flexibility index (Phi) is 5.48. The first-order valence-corrected chi connectivity index (χ1v) is 14.2. The van der Waals surface area contributed by atoms with Crippen LogP contribution in [0.1, 0.15) is 84.0 Å². The van der Waals surface area contributed by atoms with Gasteiger partial charge >= 0.3 is 6.18 Å². The maximum atomic E-state index is 13.8. The van der Waals surface area contributed by atoms with Crippen LogP contribution in [0.2, 0.25) is 0 Å². The van der Waals surface area contributed by atoms with Crippen LogP contribution >= 0.6 is 0 Å². The first kappa shape index (κ1) is 25.6. The van der Waals surface area contributed by atoms with E-state index in [9.17, 15) is 22.8 Å². The summed E-state index contributed by atoms with van der Waals surface area (Å²) in [6, 6.07) is 0.222. The van der Waals surface area contributed by atoms with E-state index < -0.39 is 23.8 Å². The molecule has 0 spiro atoms. The van der Waals surface area contributed by atoms with Crippen molar-refractivity contribution >= 4 is 17.5 Å². The molecule has 4 heterocycles. The normalized spacial score (nSPS) is 29.3. The molecule has 1 atom stereocenters. The van der Waals surface area contributed by atoms with Gasteiger partial charge in [-0.1, -0.05) is 19.4 Å². The molecular weight excluding hydrogens is 521 g/mol. The lowest BCUT2D eigenvalue weighted by Crippen LogP contribution is -2.70. The van der Waals surface area contributed by atoms with Gasteiger partial charge in [0.1, 0.15) is 5.69 Å². The number of aromatic nitrogens is 3. The van der Waals surface area contributed by atoms with Crippen LogP contribution in [-0.2, 0) is 29.4 Å². The maximum absolute atomic E-state index is 13.8. The van der Waals surface area contributed by atoms with Crippen molar-refractivity contribution in [1.82, 2.24) is 24.6 Å². The standard InChI is InChI=1S/C29H33F3N6O2/c1-2-24(39)36-9-7-20-25-21(38(35-20)28-14-27(15-28,16-28)17-5-3-4-6-17)8-10-37(22(25)13-36)26(40)18-12-34-23(11-19(18)33)29(30,31)32/h2,11-12,17,22H,1,3-10,13-16H2,(H2,33,34). The summed E-state index contributed by atoms with van der Waals surface area (Å²) in [5, 5.41) is 5.16. The summed E-state index contributed by atoms with van der Waals surface area (Å²) in [5.74, 6) is 0.110. The Balaban J connectivity index is 1.23. The Bertz CT molecular complexity index is 1410. The molecule has 4 fully saturated rings. The lowest BCUT2D eigenvalue weighted by molar-refractivity contribution is -0.225. The van der Waals surface area contributed by atoms with E-state index in [1.165, 1.54) is 51.0 Å². The maximum Gasteiger partial charge on any atom is 0.433 e. The summed E-state index contributed by atoms with van der Waals surface area (Å²) in [4.78, 5) is 33.3. The van der Waals surface area contributed by atoms with Gasteiger partial charge < -0.3 is 15.5 Å². The molecule has 2 bridgehead atoms. The molecule has 4 aliphatic carbocycles. The monoisotopic (exact) mass is 554 g/mol. The molecule has 8 nitrogen and oxygen atoms in total. The molecule has 0 radical (unpaired) electrons. The third kappa shape index (κ3) is 3.58. The smallest absolute Gasteiger partial charge is 0.398 e. The summed E-state index contributed by atoms with van der Waals surface area (Å²) in [6.07, 6.45) is 7.53. The van der Waals surface area contributed by atoms with Crippen molar-refractivity contribution < 1.29 is 22.8 Å². The predicted octanol–water partition coefficient (Wildman–Crippen LogP) is 4.26. The first-order valence-electron chi connectivity index (χ1n) is 14.2. The second kappa shape index (κ2) is 8.57. The molecule has 2 aliphatic heterocycles. The van der Waals surface area contributed by atoms with Crippen LogP contribution in [-0.4, -0.2) is 56.0 Å². The predicted molar refractivity (Wildman–Crippen MR) is 140 cm³/mol. The van der Waals surface area contributed by atoms with Gasteiger partial charge in [0.15, 0.2) is 0 Å². The van der Waals surface area contributed by atoms with Gasteiger partial charge in [0.25, 0.3) is 5.91 Å². The number of nitrogen functional groups attached to an aromatic ring is 1. The molecule has 2 N–H and O–H groups in total. The molecular formula is C29H33F3N6O2. The number of hydrogen-bond acceptors (Lipinski definition) is 5. The van der Waals surface area contributed by atoms with Gasteiger partial charge in [0, 0.05) is 55.6 Å². The van der Waals surface area contributed by atoms with E-state index >= 15 is 0 Å². The average Bonchev–Trinajstić information content (AvgIpc) is 3.48. The van der Waals surface area contributed by atoms with Crippen molar-refractivity contribution in [3.8, 4) is 0 Å². The minimum Gasteiger partial charge on any atom is -0.398 e. The van der Waals surface area contributed by atoms with Crippen molar-refractivity contribution in [2.75, 3.05) is 25.4 Å². The Morgan fingerprint density at radius 1 is 1.12 bits per heavy atom. The molecule has 8 rings (SSSR count). The van der Waals surface area contributed by atoms with Crippen molar-refractivity contribution in [2.45, 2.75) is 75.5 Å². The van der Waals surface area contributed by atoms with Crippen LogP contribution < -0.4 is 5.73 Å². The van der Waals surface area contributed by atoms with Crippen molar-refractivity contribution in [2.24, 2.45) is 11.3 Å². The molecule has 4 saturated carbocycles. The van der Waals surface area contributed by atoms with E-state index in [0.717, 1.165) is 29.1 Å². The van der Waals surface area contributed by atoms with Gasteiger partial charge in [0.2, 0.25) is 5.91 Å². The van der Waals surface area contributed by atoms with E-state index in [1.807, 2.05) is 0 Å². The Morgan fingerprint density at radius 2 is 1.85 bits per heavy atom. The minimum absolute atomic E-state index is 0.0548. The third-order valence-corrected chi connectivity index (χ3v) is 10.3. The number of amides is 2. The van der Waals surface area contributed by atoms with Crippen LogP contribution in [0.25, 0.3) is 0 Å². The molecule has 1 unspecified atom stereocenters. The minimum atomic E-state index is -4.66. The van der Waals surface area contributed by atoms with Gasteiger partial charge in [-0.3, -0.25) is 19.3 Å². The van der Waals surface area contributed by atoms with Crippen molar-refractivity contribution in [3.63, 3.8) is 0 Å². The van der Waals surface area contributed by atoms with E-state index in [1.54, 1.807) is 9.80 Å². The summed E-state index contributed by atoms with van der Waals surface area (Å²) < 4.78 is 41.8. The van der Waals surface area contributed by atoms with Gasteiger partial charge in [-0.15, -0.1) is 0 Å². The van der Waals surface area contributed by atoms with Crippen molar-refractivity contribution in [1.29, 1.82) is 0 Å². The average molecular weight is 555 g/mol. The van der Waals surface area contributed by atoms with Crippen molar-refractivity contribution in [3.05, 3.63) is 53.1 Å². The third-order valence-electron chi connectivity index (χ3n) is 10.3. The Labute approximate surface area is 230 Å². The fourth-order valence-corrected chi connectivity index (χ4v) is 8.52. The summed E-state index contributed by atoms with van der Waals surface area (Å²) in [5.41, 5.74) is 8.01. The number of anilines is 1. The zero-order valence-electron chi connectivity index (χ0n) is 22.3. The van der Waals surface area contributed by atoms with Gasteiger partial charge in [-0.05, 0) is 55.6 Å². The molecule has 0 aromatic carbocycles. The Morgan fingerprint density at radius 3 is 2.50 bits per heavy atom. The molecule has 2 aromatic rings. The fraction of sp³-hybridized carbons (Fsp3) is 0.586. The molecule has 212 valence electrons. The van der Waals surface area contributed by atoms with Crippen LogP contribution in [0.3, 0.4) is 0 Å².